The summed E-state index contributed by atoms with van der Waals surface area (Å²) in [7, 11) is 0. The highest BCUT2D eigenvalue weighted by Crippen LogP contribution is 2.36. The van der Waals surface area contributed by atoms with Crippen LogP contribution < -0.4 is 4.74 Å². The molecule has 0 aliphatic carbocycles. The van der Waals surface area contributed by atoms with Gasteiger partial charge in [0.25, 0.3) is 0 Å². The molecule has 0 unspecified atom stereocenters. The lowest BCUT2D eigenvalue weighted by molar-refractivity contribution is 0.101. The minimum Gasteiger partial charge on any atom is -0.508 e. The summed E-state index contributed by atoms with van der Waals surface area (Å²) in [4.78, 5) is 16.2. The van der Waals surface area contributed by atoms with E-state index in [2.05, 4.69) is 4.98 Å². The summed E-state index contributed by atoms with van der Waals surface area (Å²) in [5.74, 6) is 0.594. The summed E-state index contributed by atoms with van der Waals surface area (Å²) < 4.78 is 5.52. The highest BCUT2D eigenvalue weighted by Gasteiger charge is 2.29. The molecule has 1 aliphatic heterocycles. The number of benzene rings is 1. The van der Waals surface area contributed by atoms with Crippen molar-refractivity contribution in [2.75, 3.05) is 0 Å². The van der Waals surface area contributed by atoms with Crippen molar-refractivity contribution < 1.29 is 14.6 Å². The van der Waals surface area contributed by atoms with Crippen LogP contribution in [0.25, 0.3) is 6.08 Å². The lowest BCUT2D eigenvalue weighted by Crippen LogP contribution is -1.99. The van der Waals surface area contributed by atoms with Gasteiger partial charge in [0.05, 0.1) is 5.56 Å². The van der Waals surface area contributed by atoms with Crippen LogP contribution in [0.5, 0.6) is 11.5 Å². The Balaban J connectivity index is 2.05. The Morgan fingerprint density at radius 1 is 1.26 bits per heavy atom. The number of fused-ring (bicyclic) bond motifs is 1. The number of carbonyl (C=O) groups excluding carboxylic acids is 1. The number of hydrogen-bond donors (Lipinski definition) is 1. The SMILES string of the molecule is Cc1cc(O)cc2c1C(=O)C(=Cc1ccncc1)O2. The first-order chi connectivity index (χ1) is 9.15. The fourth-order valence-electron chi connectivity index (χ4n) is 2.10. The number of aromatic hydroxyl groups is 1. The molecule has 4 nitrogen and oxygen atoms in total. The Hall–Kier alpha value is -2.62. The molecule has 1 N–H and O–H groups in total. The van der Waals surface area contributed by atoms with Gasteiger partial charge in [0.15, 0.2) is 5.76 Å². The zero-order valence-corrected chi connectivity index (χ0v) is 10.3. The van der Waals surface area contributed by atoms with Crippen LogP contribution in [-0.2, 0) is 0 Å². The van der Waals surface area contributed by atoms with E-state index < -0.39 is 0 Å². The molecule has 19 heavy (non-hydrogen) atoms. The van der Waals surface area contributed by atoms with Crippen molar-refractivity contribution in [2.45, 2.75) is 6.92 Å². The number of phenolic OH excluding ortho intramolecular Hbond substituents is 1. The van der Waals surface area contributed by atoms with Crippen molar-refractivity contribution >= 4 is 11.9 Å². The van der Waals surface area contributed by atoms with E-state index in [1.165, 1.54) is 6.07 Å². The van der Waals surface area contributed by atoms with Crippen LogP contribution in [0.2, 0.25) is 0 Å². The van der Waals surface area contributed by atoms with Crippen LogP contribution in [0.4, 0.5) is 0 Å². The number of aromatic nitrogens is 1. The van der Waals surface area contributed by atoms with Gasteiger partial charge in [-0.05, 0) is 42.3 Å². The Morgan fingerprint density at radius 3 is 2.74 bits per heavy atom. The summed E-state index contributed by atoms with van der Waals surface area (Å²) >= 11 is 0. The van der Waals surface area contributed by atoms with Crippen LogP contribution >= 0.6 is 0 Å². The average molecular weight is 253 g/mol. The first-order valence-corrected chi connectivity index (χ1v) is 5.83. The highest BCUT2D eigenvalue weighted by atomic mass is 16.5. The van der Waals surface area contributed by atoms with E-state index in [0.29, 0.717) is 16.9 Å². The number of carbonyl (C=O) groups is 1. The summed E-state index contributed by atoms with van der Waals surface area (Å²) in [6, 6.07) is 6.58. The zero-order valence-electron chi connectivity index (χ0n) is 10.3. The van der Waals surface area contributed by atoms with E-state index in [9.17, 15) is 9.90 Å². The third-order valence-electron chi connectivity index (χ3n) is 2.96. The van der Waals surface area contributed by atoms with Crippen molar-refractivity contribution in [2.24, 2.45) is 0 Å². The number of phenols is 1. The molecule has 0 bridgehead atoms. The fraction of sp³-hybridized carbons (Fsp3) is 0.0667. The number of ether oxygens (including phenoxy) is 1. The van der Waals surface area contributed by atoms with E-state index >= 15 is 0 Å². The predicted molar refractivity (Wildman–Crippen MR) is 70.0 cm³/mol. The molecule has 0 fully saturated rings. The molecule has 2 heterocycles. The maximum Gasteiger partial charge on any atom is 0.232 e. The van der Waals surface area contributed by atoms with Gasteiger partial charge in [-0.15, -0.1) is 0 Å². The van der Waals surface area contributed by atoms with E-state index in [1.807, 2.05) is 0 Å². The number of rotatable bonds is 1. The van der Waals surface area contributed by atoms with Crippen molar-refractivity contribution in [3.63, 3.8) is 0 Å². The molecular weight excluding hydrogens is 242 g/mol. The van der Waals surface area contributed by atoms with Gasteiger partial charge >= 0.3 is 0 Å². The maximum absolute atomic E-state index is 12.2. The topological polar surface area (TPSA) is 59.4 Å². The molecule has 0 saturated heterocycles. The monoisotopic (exact) mass is 253 g/mol. The predicted octanol–water partition coefficient (Wildman–Crippen LogP) is 2.71. The smallest absolute Gasteiger partial charge is 0.232 e. The van der Waals surface area contributed by atoms with Crippen molar-refractivity contribution in [1.29, 1.82) is 0 Å². The molecule has 0 atom stereocenters. The molecule has 1 aliphatic rings. The highest BCUT2D eigenvalue weighted by molar-refractivity contribution is 6.15. The number of ketones is 1. The number of pyridine rings is 1. The lowest BCUT2D eigenvalue weighted by atomic mass is 10.0. The summed E-state index contributed by atoms with van der Waals surface area (Å²) in [5.41, 5.74) is 2.06. The second-order valence-electron chi connectivity index (χ2n) is 4.36. The van der Waals surface area contributed by atoms with Gasteiger partial charge in [-0.3, -0.25) is 9.78 Å². The number of aryl methyl sites for hydroxylation is 1. The van der Waals surface area contributed by atoms with E-state index in [1.54, 1.807) is 43.6 Å². The molecule has 0 saturated carbocycles. The van der Waals surface area contributed by atoms with Gasteiger partial charge in [0.1, 0.15) is 11.5 Å². The lowest BCUT2D eigenvalue weighted by Gasteiger charge is -2.00. The second kappa shape index (κ2) is 4.24. The molecule has 0 spiro atoms. The fourth-order valence-corrected chi connectivity index (χ4v) is 2.10. The molecule has 1 aromatic carbocycles. The van der Waals surface area contributed by atoms with Crippen molar-refractivity contribution in [1.82, 2.24) is 4.98 Å². The number of hydrogen-bond acceptors (Lipinski definition) is 4. The van der Waals surface area contributed by atoms with E-state index in [0.717, 1.165) is 5.56 Å². The summed E-state index contributed by atoms with van der Waals surface area (Å²) in [6.45, 7) is 1.77. The molecular formula is C15H11NO3. The van der Waals surface area contributed by atoms with Gasteiger partial charge < -0.3 is 9.84 Å². The number of nitrogens with zero attached hydrogens (tertiary/aromatic N) is 1. The molecule has 0 radical (unpaired) electrons. The van der Waals surface area contributed by atoms with E-state index in [4.69, 9.17) is 4.74 Å². The standard InChI is InChI=1S/C15H11NO3/c1-9-6-11(17)8-12-14(9)15(18)13(19-12)7-10-2-4-16-5-3-10/h2-8,17H,1H3. The van der Waals surface area contributed by atoms with Gasteiger partial charge in [-0.1, -0.05) is 0 Å². The van der Waals surface area contributed by atoms with Crippen molar-refractivity contribution in [3.8, 4) is 11.5 Å². The quantitative estimate of drug-likeness (QED) is 0.794. The van der Waals surface area contributed by atoms with Crippen LogP contribution in [0.15, 0.2) is 42.4 Å². The Labute approximate surface area is 110 Å². The first kappa shape index (κ1) is 11.5. The molecule has 94 valence electrons. The van der Waals surface area contributed by atoms with Gasteiger partial charge in [-0.2, -0.15) is 0 Å². The molecule has 3 rings (SSSR count). The molecule has 0 amide bonds. The minimum absolute atomic E-state index is 0.0919. The Bertz CT molecular complexity index is 690. The van der Waals surface area contributed by atoms with Crippen molar-refractivity contribution in [3.05, 3.63) is 59.1 Å². The minimum atomic E-state index is -0.163. The molecule has 2 aromatic rings. The Kier molecular flexibility index (Phi) is 2.56. The second-order valence-corrected chi connectivity index (χ2v) is 4.36. The molecule has 4 heteroatoms. The third-order valence-corrected chi connectivity index (χ3v) is 2.96. The Morgan fingerprint density at radius 2 is 2.00 bits per heavy atom. The van der Waals surface area contributed by atoms with Crippen LogP contribution in [0, 0.1) is 6.92 Å². The number of Topliss-reactive ketones (excluding diaryl/α,β-unsaturated/α-hetero) is 1. The van der Waals surface area contributed by atoms with Crippen LogP contribution in [-0.4, -0.2) is 15.9 Å². The van der Waals surface area contributed by atoms with Crippen LogP contribution in [0.3, 0.4) is 0 Å². The van der Waals surface area contributed by atoms with Crippen LogP contribution in [0.1, 0.15) is 21.5 Å². The third kappa shape index (κ3) is 1.97. The average Bonchev–Trinajstić information content (AvgIpc) is 2.67. The van der Waals surface area contributed by atoms with Gasteiger partial charge in [-0.25, -0.2) is 0 Å². The number of allylic oxidation sites excluding steroid dienone is 1. The summed E-state index contributed by atoms with van der Waals surface area (Å²) in [5, 5.41) is 9.52. The van der Waals surface area contributed by atoms with E-state index in [-0.39, 0.29) is 17.3 Å². The molecule has 1 aromatic heterocycles. The zero-order chi connectivity index (χ0) is 13.4. The largest absolute Gasteiger partial charge is 0.508 e. The normalized spacial score (nSPS) is 15.4. The van der Waals surface area contributed by atoms with Gasteiger partial charge in [0, 0.05) is 18.5 Å². The van der Waals surface area contributed by atoms with Gasteiger partial charge in [0.2, 0.25) is 5.78 Å². The maximum atomic E-state index is 12.2. The summed E-state index contributed by atoms with van der Waals surface area (Å²) in [6.07, 6.45) is 4.96. The first-order valence-electron chi connectivity index (χ1n) is 5.83.